The van der Waals surface area contributed by atoms with Crippen LogP contribution in [0.3, 0.4) is 0 Å². The summed E-state index contributed by atoms with van der Waals surface area (Å²) in [6, 6.07) is 21.2. The number of esters is 1. The molecule has 0 radical (unpaired) electrons. The van der Waals surface area contributed by atoms with Crippen molar-refractivity contribution in [3.8, 4) is 5.75 Å². The molecular weight excluding hydrogens is 369 g/mol. The summed E-state index contributed by atoms with van der Waals surface area (Å²) >= 11 is 0. The molecule has 0 aliphatic carbocycles. The highest BCUT2D eigenvalue weighted by Gasteiger charge is 2.24. The smallest absolute Gasteiger partial charge is 0.363 e. The van der Waals surface area contributed by atoms with Crippen molar-refractivity contribution in [2.75, 3.05) is 0 Å². The molecule has 0 aromatic heterocycles. The second-order valence-corrected chi connectivity index (χ2v) is 6.63. The van der Waals surface area contributed by atoms with E-state index in [1.54, 1.807) is 18.2 Å². The van der Waals surface area contributed by atoms with Gasteiger partial charge in [0.15, 0.2) is 5.70 Å². The second kappa shape index (κ2) is 8.10. The molecule has 5 heteroatoms. The number of nitrogens with zero attached hydrogens (tertiary/aromatic N) is 1. The third-order valence-electron chi connectivity index (χ3n) is 4.53. The molecule has 0 bridgehead atoms. The number of halogens is 1. The monoisotopic (exact) mass is 387 g/mol. The molecule has 0 saturated heterocycles. The Bertz CT molecular complexity index is 1120. The van der Waals surface area contributed by atoms with Gasteiger partial charge in [-0.25, -0.2) is 14.2 Å². The fraction of sp³-hybridized carbons (Fsp3) is 0.0833. The highest BCUT2D eigenvalue weighted by Crippen LogP contribution is 2.21. The number of ether oxygens (including phenoxy) is 2. The third-order valence-corrected chi connectivity index (χ3v) is 4.53. The molecular formula is C24H18FNO3. The van der Waals surface area contributed by atoms with Gasteiger partial charge in [-0.2, -0.15) is 0 Å². The molecule has 0 N–H and O–H groups in total. The molecule has 3 aromatic rings. The molecule has 1 aliphatic heterocycles. The number of aryl methyl sites for hydroxylation is 1. The summed E-state index contributed by atoms with van der Waals surface area (Å²) < 4.78 is 24.4. The predicted molar refractivity (Wildman–Crippen MR) is 109 cm³/mol. The summed E-state index contributed by atoms with van der Waals surface area (Å²) in [4.78, 5) is 16.3. The topological polar surface area (TPSA) is 47.9 Å². The van der Waals surface area contributed by atoms with Gasteiger partial charge in [0.2, 0.25) is 5.90 Å². The van der Waals surface area contributed by atoms with Crippen molar-refractivity contribution < 1.29 is 18.7 Å². The first-order valence-corrected chi connectivity index (χ1v) is 9.14. The molecule has 0 spiro atoms. The van der Waals surface area contributed by atoms with Gasteiger partial charge in [-0.05, 0) is 60.0 Å². The molecule has 1 aliphatic rings. The number of hydrogen-bond acceptors (Lipinski definition) is 4. The normalized spacial score (nSPS) is 14.6. The first-order valence-electron chi connectivity index (χ1n) is 9.14. The van der Waals surface area contributed by atoms with Crippen molar-refractivity contribution in [2.24, 2.45) is 4.99 Å². The van der Waals surface area contributed by atoms with Gasteiger partial charge < -0.3 is 9.47 Å². The van der Waals surface area contributed by atoms with E-state index in [4.69, 9.17) is 9.47 Å². The van der Waals surface area contributed by atoms with Crippen LogP contribution in [0.1, 0.15) is 22.3 Å². The van der Waals surface area contributed by atoms with Crippen LogP contribution < -0.4 is 4.74 Å². The molecule has 0 amide bonds. The van der Waals surface area contributed by atoms with Gasteiger partial charge >= 0.3 is 5.97 Å². The summed E-state index contributed by atoms with van der Waals surface area (Å²) in [5.41, 5.74) is 3.68. The summed E-state index contributed by atoms with van der Waals surface area (Å²) in [6.45, 7) is 2.54. The average molecular weight is 387 g/mol. The van der Waals surface area contributed by atoms with Gasteiger partial charge in [-0.1, -0.05) is 42.5 Å². The molecule has 0 fully saturated rings. The van der Waals surface area contributed by atoms with Crippen molar-refractivity contribution >= 4 is 17.9 Å². The second-order valence-electron chi connectivity index (χ2n) is 6.63. The largest absolute Gasteiger partial charge is 0.489 e. The molecule has 4 rings (SSSR count). The van der Waals surface area contributed by atoms with E-state index >= 15 is 0 Å². The number of benzene rings is 3. The van der Waals surface area contributed by atoms with E-state index in [-0.39, 0.29) is 11.6 Å². The predicted octanol–water partition coefficient (Wildman–Crippen LogP) is 5.06. The number of carbonyl (C=O) groups is 1. The number of cyclic esters (lactones) is 1. The minimum absolute atomic E-state index is 0.0962. The molecule has 29 heavy (non-hydrogen) atoms. The number of hydrogen-bond donors (Lipinski definition) is 0. The van der Waals surface area contributed by atoms with Crippen LogP contribution in [-0.2, 0) is 16.1 Å². The first kappa shape index (κ1) is 18.6. The minimum Gasteiger partial charge on any atom is -0.489 e. The SMILES string of the molecule is Cc1ccccc1COc1ccc(/C=C2/N=C(c3cccc(F)c3)OC2=O)cc1. The molecule has 1 heterocycles. The highest BCUT2D eigenvalue weighted by atomic mass is 19.1. The van der Waals surface area contributed by atoms with E-state index in [1.165, 1.54) is 17.7 Å². The van der Waals surface area contributed by atoms with E-state index in [9.17, 15) is 9.18 Å². The van der Waals surface area contributed by atoms with Crippen molar-refractivity contribution in [1.29, 1.82) is 0 Å². The zero-order valence-corrected chi connectivity index (χ0v) is 15.8. The van der Waals surface area contributed by atoms with Crippen molar-refractivity contribution in [1.82, 2.24) is 0 Å². The lowest BCUT2D eigenvalue weighted by Gasteiger charge is -2.08. The Hall–Kier alpha value is -3.73. The molecule has 4 nitrogen and oxygen atoms in total. The number of aliphatic imine (C=N–C) groups is 1. The third kappa shape index (κ3) is 4.41. The molecule has 0 atom stereocenters. The lowest BCUT2D eigenvalue weighted by molar-refractivity contribution is -0.129. The Kier molecular flexibility index (Phi) is 5.20. The Balaban J connectivity index is 1.47. The van der Waals surface area contributed by atoms with Crippen LogP contribution in [0.2, 0.25) is 0 Å². The molecule has 0 unspecified atom stereocenters. The lowest BCUT2D eigenvalue weighted by atomic mass is 10.1. The lowest BCUT2D eigenvalue weighted by Crippen LogP contribution is -2.05. The van der Waals surface area contributed by atoms with Crippen LogP contribution in [0.15, 0.2) is 83.5 Å². The summed E-state index contributed by atoms with van der Waals surface area (Å²) in [6.07, 6.45) is 1.62. The summed E-state index contributed by atoms with van der Waals surface area (Å²) in [5.74, 6) is -0.156. The van der Waals surface area contributed by atoms with E-state index in [1.807, 2.05) is 55.5 Å². The number of carbonyl (C=O) groups excluding carboxylic acids is 1. The van der Waals surface area contributed by atoms with Crippen LogP contribution in [0.4, 0.5) is 4.39 Å². The maximum Gasteiger partial charge on any atom is 0.363 e. The van der Waals surface area contributed by atoms with Crippen LogP contribution in [0, 0.1) is 12.7 Å². The van der Waals surface area contributed by atoms with Crippen molar-refractivity contribution in [2.45, 2.75) is 13.5 Å². The van der Waals surface area contributed by atoms with Gasteiger partial charge in [0, 0.05) is 5.56 Å². The Morgan fingerprint density at radius 3 is 2.59 bits per heavy atom. The van der Waals surface area contributed by atoms with Crippen LogP contribution in [-0.4, -0.2) is 11.9 Å². The zero-order valence-electron chi connectivity index (χ0n) is 15.8. The van der Waals surface area contributed by atoms with Crippen molar-refractivity contribution in [3.63, 3.8) is 0 Å². The van der Waals surface area contributed by atoms with Gasteiger partial charge in [-0.3, -0.25) is 0 Å². The van der Waals surface area contributed by atoms with Crippen LogP contribution >= 0.6 is 0 Å². The van der Waals surface area contributed by atoms with E-state index < -0.39 is 11.8 Å². The average Bonchev–Trinajstić information content (AvgIpc) is 3.09. The molecule has 3 aromatic carbocycles. The van der Waals surface area contributed by atoms with Crippen molar-refractivity contribution in [3.05, 3.63) is 107 Å². The first-order chi connectivity index (χ1) is 14.1. The maximum absolute atomic E-state index is 13.4. The Morgan fingerprint density at radius 2 is 1.83 bits per heavy atom. The zero-order chi connectivity index (χ0) is 20.2. The van der Waals surface area contributed by atoms with Gasteiger partial charge in [0.25, 0.3) is 0 Å². The Labute approximate surface area is 167 Å². The van der Waals surface area contributed by atoms with Gasteiger partial charge in [0.05, 0.1) is 0 Å². The van der Waals surface area contributed by atoms with E-state index in [0.717, 1.165) is 16.9 Å². The van der Waals surface area contributed by atoms with Gasteiger partial charge in [0.1, 0.15) is 18.2 Å². The van der Waals surface area contributed by atoms with E-state index in [2.05, 4.69) is 4.99 Å². The summed E-state index contributed by atoms with van der Waals surface area (Å²) in [7, 11) is 0. The van der Waals surface area contributed by atoms with Gasteiger partial charge in [-0.15, -0.1) is 0 Å². The minimum atomic E-state index is -0.566. The fourth-order valence-electron chi connectivity index (χ4n) is 2.91. The summed E-state index contributed by atoms with van der Waals surface area (Å²) in [5, 5.41) is 0. The molecule has 144 valence electrons. The van der Waals surface area contributed by atoms with Crippen LogP contribution in [0.5, 0.6) is 5.75 Å². The molecule has 0 saturated carbocycles. The van der Waals surface area contributed by atoms with E-state index in [0.29, 0.717) is 12.2 Å². The highest BCUT2D eigenvalue weighted by molar-refractivity contribution is 6.12. The van der Waals surface area contributed by atoms with Crippen LogP contribution in [0.25, 0.3) is 6.08 Å². The quantitative estimate of drug-likeness (QED) is 0.454. The maximum atomic E-state index is 13.4. The Morgan fingerprint density at radius 1 is 1.03 bits per heavy atom. The fourth-order valence-corrected chi connectivity index (χ4v) is 2.91. The standard InChI is InChI=1S/C24H18FNO3/c1-16-5-2-3-6-19(16)15-28-21-11-9-17(10-12-21)13-22-24(27)29-23(26-22)18-7-4-8-20(25)14-18/h2-14H,15H2,1H3/b22-13+. The number of rotatable bonds is 5.